The second kappa shape index (κ2) is 10.8. The van der Waals surface area contributed by atoms with Crippen LogP contribution in [0.2, 0.25) is 0 Å². The predicted molar refractivity (Wildman–Crippen MR) is 71.0 cm³/mol. The van der Waals surface area contributed by atoms with E-state index >= 15 is 0 Å². The Labute approximate surface area is 103 Å². The van der Waals surface area contributed by atoms with Crippen LogP contribution in [0.5, 0.6) is 0 Å². The van der Waals surface area contributed by atoms with E-state index < -0.39 is 12.2 Å². The lowest BCUT2D eigenvalue weighted by Crippen LogP contribution is -1.97. The zero-order chi connectivity index (χ0) is 12.9. The quantitative estimate of drug-likeness (QED) is 0.429. The number of aliphatic hydroxyl groups is 2. The summed E-state index contributed by atoms with van der Waals surface area (Å²) in [6, 6.07) is 0. The highest BCUT2D eigenvalue weighted by molar-refractivity contribution is 5.31. The average molecular weight is 230 g/mol. The molecule has 0 saturated carbocycles. The smallest absolute Gasteiger partial charge is 0.134 e. The zero-order valence-electron chi connectivity index (χ0n) is 10.1. The molecule has 0 amide bonds. The standard InChI is InChI=1S/C15H18O2/c1-3-5-6-7-8-12-15(17)13-10-9-11-14(16)4-2/h3-5,8,12,14-17H,2,6-7H2,1H3/b5-3-,12-8-/t14-,15+/m0/s1. The Balaban J connectivity index is 3.99. The van der Waals surface area contributed by atoms with Gasteiger partial charge in [-0.1, -0.05) is 42.7 Å². The van der Waals surface area contributed by atoms with Gasteiger partial charge in [0.15, 0.2) is 0 Å². The highest BCUT2D eigenvalue weighted by Crippen LogP contribution is 1.94. The molecule has 0 saturated heterocycles. The van der Waals surface area contributed by atoms with E-state index in [4.69, 9.17) is 5.11 Å². The van der Waals surface area contributed by atoms with Crippen molar-refractivity contribution in [2.75, 3.05) is 0 Å². The number of allylic oxidation sites excluding steroid dienone is 3. The molecule has 0 aliphatic rings. The first-order chi connectivity index (χ1) is 8.20. The fraction of sp³-hybridized carbons (Fsp3) is 0.333. The summed E-state index contributed by atoms with van der Waals surface area (Å²) in [7, 11) is 0. The number of hydrogen-bond acceptors (Lipinski definition) is 2. The van der Waals surface area contributed by atoms with Crippen LogP contribution in [-0.4, -0.2) is 22.4 Å². The van der Waals surface area contributed by atoms with Crippen LogP contribution < -0.4 is 0 Å². The van der Waals surface area contributed by atoms with Crippen molar-refractivity contribution in [3.8, 4) is 23.7 Å². The van der Waals surface area contributed by atoms with Crippen LogP contribution in [0.4, 0.5) is 0 Å². The van der Waals surface area contributed by atoms with Crippen molar-refractivity contribution in [2.24, 2.45) is 0 Å². The van der Waals surface area contributed by atoms with Crippen molar-refractivity contribution in [3.63, 3.8) is 0 Å². The first-order valence-corrected chi connectivity index (χ1v) is 5.48. The molecule has 90 valence electrons. The molecule has 2 N–H and O–H groups in total. The molecule has 0 aliphatic carbocycles. The van der Waals surface area contributed by atoms with Gasteiger partial charge in [0.25, 0.3) is 0 Å². The maximum absolute atomic E-state index is 9.40. The van der Waals surface area contributed by atoms with Crippen molar-refractivity contribution in [3.05, 3.63) is 37.0 Å². The van der Waals surface area contributed by atoms with Crippen LogP contribution in [0.3, 0.4) is 0 Å². The second-order valence-electron chi connectivity index (χ2n) is 3.24. The zero-order valence-corrected chi connectivity index (χ0v) is 10.1. The monoisotopic (exact) mass is 230 g/mol. The van der Waals surface area contributed by atoms with Gasteiger partial charge in [-0.25, -0.2) is 0 Å². The minimum absolute atomic E-state index is 0.809. The summed E-state index contributed by atoms with van der Waals surface area (Å²) in [6.07, 6.45) is 9.03. The lowest BCUT2D eigenvalue weighted by Gasteiger charge is -1.92. The maximum Gasteiger partial charge on any atom is 0.134 e. The fourth-order valence-electron chi connectivity index (χ4n) is 0.911. The molecule has 0 bridgehead atoms. The Morgan fingerprint density at radius 1 is 1.06 bits per heavy atom. The van der Waals surface area contributed by atoms with Gasteiger partial charge < -0.3 is 10.2 Å². The topological polar surface area (TPSA) is 40.5 Å². The highest BCUT2D eigenvalue weighted by atomic mass is 16.3. The molecule has 0 aromatic rings. The van der Waals surface area contributed by atoms with E-state index in [1.165, 1.54) is 6.08 Å². The molecule has 0 unspecified atom stereocenters. The van der Waals surface area contributed by atoms with Crippen LogP contribution in [0.25, 0.3) is 0 Å². The van der Waals surface area contributed by atoms with E-state index in [-0.39, 0.29) is 0 Å². The summed E-state index contributed by atoms with van der Waals surface area (Å²) in [4.78, 5) is 0. The molecule has 0 spiro atoms. The molecule has 2 atom stereocenters. The molecule has 0 fully saturated rings. The van der Waals surface area contributed by atoms with E-state index in [9.17, 15) is 5.11 Å². The molecule has 0 aromatic carbocycles. The predicted octanol–water partition coefficient (Wildman–Crippen LogP) is 1.81. The second-order valence-corrected chi connectivity index (χ2v) is 3.24. The van der Waals surface area contributed by atoms with Gasteiger partial charge in [-0.3, -0.25) is 0 Å². The van der Waals surface area contributed by atoms with E-state index in [1.807, 2.05) is 19.1 Å². The van der Waals surface area contributed by atoms with Gasteiger partial charge in [-0.2, -0.15) is 0 Å². The normalized spacial score (nSPS) is 13.6. The van der Waals surface area contributed by atoms with Crippen LogP contribution in [-0.2, 0) is 0 Å². The Hall–Kier alpha value is -1.74. The molecule has 0 aliphatic heterocycles. The van der Waals surface area contributed by atoms with Gasteiger partial charge in [-0.15, -0.1) is 0 Å². The molecule has 0 aromatic heterocycles. The van der Waals surface area contributed by atoms with Crippen molar-refractivity contribution < 1.29 is 10.2 Å². The van der Waals surface area contributed by atoms with Crippen molar-refractivity contribution in [1.82, 2.24) is 0 Å². The van der Waals surface area contributed by atoms with Gasteiger partial charge in [-0.05, 0) is 37.7 Å². The number of rotatable bonds is 5. The third-order valence-corrected chi connectivity index (χ3v) is 1.78. The van der Waals surface area contributed by atoms with Crippen LogP contribution in [0, 0.1) is 23.7 Å². The molecule has 2 heteroatoms. The Bertz CT molecular complexity index is 383. The van der Waals surface area contributed by atoms with E-state index in [2.05, 4.69) is 36.3 Å². The first-order valence-electron chi connectivity index (χ1n) is 5.48. The molecular weight excluding hydrogens is 212 g/mol. The molecule has 2 nitrogen and oxygen atoms in total. The summed E-state index contributed by atoms with van der Waals surface area (Å²) >= 11 is 0. The number of hydrogen-bond donors (Lipinski definition) is 2. The molecule has 17 heavy (non-hydrogen) atoms. The van der Waals surface area contributed by atoms with E-state index in [0.717, 1.165) is 12.8 Å². The van der Waals surface area contributed by atoms with Crippen LogP contribution in [0.15, 0.2) is 37.0 Å². The first kappa shape index (κ1) is 15.3. The summed E-state index contributed by atoms with van der Waals surface area (Å²) in [5.41, 5.74) is 0. The lowest BCUT2D eigenvalue weighted by molar-refractivity contribution is 0.280. The average Bonchev–Trinajstić information content (AvgIpc) is 2.34. The van der Waals surface area contributed by atoms with Gasteiger partial charge in [0.1, 0.15) is 12.2 Å². The van der Waals surface area contributed by atoms with Crippen LogP contribution >= 0.6 is 0 Å². The number of unbranched alkanes of at least 4 members (excludes halogenated alkanes) is 1. The molecule has 0 radical (unpaired) electrons. The van der Waals surface area contributed by atoms with Crippen molar-refractivity contribution in [2.45, 2.75) is 32.0 Å². The van der Waals surface area contributed by atoms with Crippen LogP contribution in [0.1, 0.15) is 19.8 Å². The van der Waals surface area contributed by atoms with E-state index in [0.29, 0.717) is 0 Å². The van der Waals surface area contributed by atoms with Gasteiger partial charge in [0.05, 0.1) is 0 Å². The minimum Gasteiger partial charge on any atom is -0.377 e. The van der Waals surface area contributed by atoms with Crippen molar-refractivity contribution in [1.29, 1.82) is 0 Å². The van der Waals surface area contributed by atoms with Gasteiger partial charge >= 0.3 is 0 Å². The SMILES string of the molecule is C=C[C@H](O)C#CC#C[C@H](O)/C=C\CC/C=C\C. The summed E-state index contributed by atoms with van der Waals surface area (Å²) in [5, 5.41) is 18.4. The number of aliphatic hydroxyl groups excluding tert-OH is 2. The maximum atomic E-state index is 9.40. The highest BCUT2D eigenvalue weighted by Gasteiger charge is 1.89. The Morgan fingerprint density at radius 2 is 1.65 bits per heavy atom. The Morgan fingerprint density at radius 3 is 2.24 bits per heavy atom. The minimum atomic E-state index is -0.863. The third kappa shape index (κ3) is 10.5. The largest absolute Gasteiger partial charge is 0.377 e. The third-order valence-electron chi connectivity index (χ3n) is 1.78. The molecular formula is C15H18O2. The summed E-state index contributed by atoms with van der Waals surface area (Å²) < 4.78 is 0. The van der Waals surface area contributed by atoms with Gasteiger partial charge in [0, 0.05) is 0 Å². The molecule has 0 heterocycles. The summed E-state index contributed by atoms with van der Waals surface area (Å²) in [6.45, 7) is 5.35. The van der Waals surface area contributed by atoms with Crippen molar-refractivity contribution >= 4 is 0 Å². The fourth-order valence-corrected chi connectivity index (χ4v) is 0.911. The van der Waals surface area contributed by atoms with Gasteiger partial charge in [0.2, 0.25) is 0 Å². The van der Waals surface area contributed by atoms with E-state index in [1.54, 1.807) is 6.08 Å². The Kier molecular flexibility index (Phi) is 9.67. The lowest BCUT2D eigenvalue weighted by atomic mass is 10.2. The summed E-state index contributed by atoms with van der Waals surface area (Å²) in [5.74, 6) is 9.88. The molecule has 0 rings (SSSR count).